The Labute approximate surface area is 135 Å². The molecular formula is C16H22N2O3S. The average molecular weight is 322 g/mol. The molecule has 0 bridgehead atoms. The summed E-state index contributed by atoms with van der Waals surface area (Å²) < 4.78 is 11.2. The molecule has 3 heterocycles. The van der Waals surface area contributed by atoms with Gasteiger partial charge in [0.05, 0.1) is 18.2 Å². The fourth-order valence-electron chi connectivity index (χ4n) is 2.98. The summed E-state index contributed by atoms with van der Waals surface area (Å²) in [5.41, 5.74) is 0.734. The van der Waals surface area contributed by atoms with Gasteiger partial charge in [-0.05, 0) is 30.7 Å². The van der Waals surface area contributed by atoms with Gasteiger partial charge in [-0.2, -0.15) is 0 Å². The van der Waals surface area contributed by atoms with Crippen molar-refractivity contribution in [3.63, 3.8) is 0 Å². The van der Waals surface area contributed by atoms with E-state index in [1.165, 1.54) is 0 Å². The van der Waals surface area contributed by atoms with Crippen LogP contribution in [0.4, 0.5) is 0 Å². The highest BCUT2D eigenvalue weighted by atomic mass is 32.2. The van der Waals surface area contributed by atoms with Gasteiger partial charge in [0.15, 0.2) is 6.29 Å². The van der Waals surface area contributed by atoms with Gasteiger partial charge in [0, 0.05) is 30.8 Å². The number of rotatable bonds is 4. The predicted molar refractivity (Wildman–Crippen MR) is 85.0 cm³/mol. The van der Waals surface area contributed by atoms with Crippen LogP contribution in [0.15, 0.2) is 23.4 Å². The molecule has 5 nitrogen and oxygen atoms in total. The van der Waals surface area contributed by atoms with Gasteiger partial charge in [0.25, 0.3) is 5.91 Å². The Morgan fingerprint density at radius 2 is 2.09 bits per heavy atom. The van der Waals surface area contributed by atoms with Gasteiger partial charge in [0.2, 0.25) is 0 Å². The molecule has 2 saturated heterocycles. The van der Waals surface area contributed by atoms with Crippen molar-refractivity contribution in [2.24, 2.45) is 5.92 Å². The zero-order valence-corrected chi connectivity index (χ0v) is 13.7. The molecule has 6 heteroatoms. The quantitative estimate of drug-likeness (QED) is 0.797. The minimum Gasteiger partial charge on any atom is -0.350 e. The molecule has 2 aliphatic rings. The summed E-state index contributed by atoms with van der Waals surface area (Å²) in [6, 6.07) is 3.70. The molecule has 0 aromatic carbocycles. The molecule has 0 atom stereocenters. The van der Waals surface area contributed by atoms with E-state index in [1.54, 1.807) is 24.0 Å². The Kier molecular flexibility index (Phi) is 5.33. The molecule has 0 N–H and O–H groups in total. The number of thioether (sulfide) groups is 1. The first-order valence-corrected chi connectivity index (χ1v) is 8.88. The molecule has 0 aliphatic carbocycles. The number of carbonyl (C=O) groups excluding carboxylic acids is 1. The Balaban J connectivity index is 1.58. The summed E-state index contributed by atoms with van der Waals surface area (Å²) in [5, 5.41) is 0.913. The molecule has 2 fully saturated rings. The summed E-state index contributed by atoms with van der Waals surface area (Å²) in [5.74, 6) is 1.47. The fraction of sp³-hybridized carbons (Fsp3) is 0.625. The van der Waals surface area contributed by atoms with Gasteiger partial charge in [-0.3, -0.25) is 4.79 Å². The number of hydrogen-bond acceptors (Lipinski definition) is 5. The minimum absolute atomic E-state index is 0.0641. The second-order valence-electron chi connectivity index (χ2n) is 5.56. The Bertz CT molecular complexity index is 512. The number of aromatic nitrogens is 1. The zero-order chi connectivity index (χ0) is 15.4. The third-order valence-electron chi connectivity index (χ3n) is 4.13. The molecule has 0 radical (unpaired) electrons. The van der Waals surface area contributed by atoms with Crippen LogP contribution in [0.2, 0.25) is 0 Å². The van der Waals surface area contributed by atoms with E-state index < -0.39 is 0 Å². The van der Waals surface area contributed by atoms with Crippen LogP contribution in [-0.4, -0.2) is 54.1 Å². The lowest BCUT2D eigenvalue weighted by atomic mass is 9.96. The molecule has 0 spiro atoms. The third kappa shape index (κ3) is 3.62. The van der Waals surface area contributed by atoms with Crippen molar-refractivity contribution in [2.75, 3.05) is 32.1 Å². The number of hydrogen-bond donors (Lipinski definition) is 0. The van der Waals surface area contributed by atoms with E-state index in [4.69, 9.17) is 9.47 Å². The lowest BCUT2D eigenvalue weighted by molar-refractivity contribution is -0.0956. The molecule has 1 aromatic heterocycles. The predicted octanol–water partition coefficient (Wildman–Crippen LogP) is 2.42. The van der Waals surface area contributed by atoms with E-state index in [9.17, 15) is 4.79 Å². The molecule has 1 amide bonds. The van der Waals surface area contributed by atoms with Crippen molar-refractivity contribution in [3.8, 4) is 0 Å². The molecule has 2 aliphatic heterocycles. The maximum Gasteiger partial charge on any atom is 0.254 e. The van der Waals surface area contributed by atoms with Crippen molar-refractivity contribution in [3.05, 3.63) is 23.9 Å². The highest BCUT2D eigenvalue weighted by Gasteiger charge is 2.32. The van der Waals surface area contributed by atoms with E-state index in [2.05, 4.69) is 11.9 Å². The first-order valence-electron chi connectivity index (χ1n) is 7.89. The molecule has 3 rings (SSSR count). The number of carbonyl (C=O) groups is 1. The van der Waals surface area contributed by atoms with E-state index in [0.29, 0.717) is 19.1 Å². The van der Waals surface area contributed by atoms with Crippen LogP contribution in [-0.2, 0) is 9.47 Å². The van der Waals surface area contributed by atoms with Crippen LogP contribution in [0.25, 0.3) is 0 Å². The van der Waals surface area contributed by atoms with Gasteiger partial charge < -0.3 is 14.4 Å². The zero-order valence-electron chi connectivity index (χ0n) is 12.9. The third-order valence-corrected chi connectivity index (χ3v) is 4.94. The first-order chi connectivity index (χ1) is 10.8. The lowest BCUT2D eigenvalue weighted by Crippen LogP contribution is -2.41. The fourth-order valence-corrected chi connectivity index (χ4v) is 3.62. The Morgan fingerprint density at radius 3 is 2.77 bits per heavy atom. The largest absolute Gasteiger partial charge is 0.350 e. The van der Waals surface area contributed by atoms with Crippen molar-refractivity contribution in [1.29, 1.82) is 0 Å². The van der Waals surface area contributed by atoms with Crippen LogP contribution >= 0.6 is 11.8 Å². The van der Waals surface area contributed by atoms with Crippen LogP contribution in [0.1, 0.15) is 30.1 Å². The molecule has 1 aromatic rings. The number of pyridine rings is 1. The summed E-state index contributed by atoms with van der Waals surface area (Å²) in [7, 11) is 0. The number of nitrogens with zero attached hydrogens (tertiary/aromatic N) is 2. The van der Waals surface area contributed by atoms with Crippen LogP contribution in [0, 0.1) is 5.92 Å². The van der Waals surface area contributed by atoms with Gasteiger partial charge in [-0.15, -0.1) is 11.8 Å². The van der Waals surface area contributed by atoms with E-state index in [0.717, 1.165) is 42.3 Å². The molecule has 120 valence electrons. The van der Waals surface area contributed by atoms with Crippen LogP contribution < -0.4 is 0 Å². The molecule has 0 unspecified atom stereocenters. The number of amides is 1. The van der Waals surface area contributed by atoms with E-state index in [-0.39, 0.29) is 12.2 Å². The normalized spacial score (nSPS) is 20.5. The highest BCUT2D eigenvalue weighted by Crippen LogP contribution is 2.27. The average Bonchev–Trinajstić information content (AvgIpc) is 3.09. The number of likely N-dealkylation sites (tertiary alicyclic amines) is 1. The van der Waals surface area contributed by atoms with Crippen LogP contribution in [0.5, 0.6) is 0 Å². The first kappa shape index (κ1) is 15.8. The number of piperidine rings is 1. The topological polar surface area (TPSA) is 51.7 Å². The Hall–Kier alpha value is -1.11. The SMILES string of the molecule is CCSc1cc(C(=O)N2CCC(C3OCCO3)CC2)ccn1. The Morgan fingerprint density at radius 1 is 1.36 bits per heavy atom. The molecular weight excluding hydrogens is 300 g/mol. The minimum atomic E-state index is -0.0641. The van der Waals surface area contributed by atoms with Crippen molar-refractivity contribution in [2.45, 2.75) is 31.1 Å². The van der Waals surface area contributed by atoms with Crippen molar-refractivity contribution < 1.29 is 14.3 Å². The van der Waals surface area contributed by atoms with Gasteiger partial charge in [-0.25, -0.2) is 4.98 Å². The molecule has 22 heavy (non-hydrogen) atoms. The smallest absolute Gasteiger partial charge is 0.254 e. The van der Waals surface area contributed by atoms with E-state index in [1.807, 2.05) is 11.0 Å². The summed E-state index contributed by atoms with van der Waals surface area (Å²) in [4.78, 5) is 18.8. The monoisotopic (exact) mass is 322 g/mol. The summed E-state index contributed by atoms with van der Waals surface area (Å²) in [6.45, 7) is 5.01. The van der Waals surface area contributed by atoms with Gasteiger partial charge >= 0.3 is 0 Å². The summed E-state index contributed by atoms with van der Waals surface area (Å²) in [6.07, 6.45) is 3.54. The van der Waals surface area contributed by atoms with E-state index >= 15 is 0 Å². The second-order valence-corrected chi connectivity index (χ2v) is 6.84. The van der Waals surface area contributed by atoms with Gasteiger partial charge in [-0.1, -0.05) is 6.92 Å². The highest BCUT2D eigenvalue weighted by molar-refractivity contribution is 7.99. The molecule has 0 saturated carbocycles. The summed E-state index contributed by atoms with van der Waals surface area (Å²) >= 11 is 1.66. The maximum atomic E-state index is 12.6. The number of ether oxygens (including phenoxy) is 2. The van der Waals surface area contributed by atoms with Crippen LogP contribution in [0.3, 0.4) is 0 Å². The lowest BCUT2D eigenvalue weighted by Gasteiger charge is -2.33. The van der Waals surface area contributed by atoms with Gasteiger partial charge in [0.1, 0.15) is 0 Å². The second kappa shape index (κ2) is 7.44. The van der Waals surface area contributed by atoms with Crippen molar-refractivity contribution in [1.82, 2.24) is 9.88 Å². The standard InChI is InChI=1S/C16H22N2O3S/c1-2-22-14-11-13(3-6-17-14)15(19)18-7-4-12(5-8-18)16-20-9-10-21-16/h3,6,11-12,16H,2,4-5,7-10H2,1H3. The van der Waals surface area contributed by atoms with Crippen molar-refractivity contribution >= 4 is 17.7 Å². The maximum absolute atomic E-state index is 12.6.